The van der Waals surface area contributed by atoms with Crippen LogP contribution in [-0.2, 0) is 27.4 Å². The molecular weight excluding hydrogens is 599 g/mol. The van der Waals surface area contributed by atoms with E-state index in [-0.39, 0.29) is 38.1 Å². The molecule has 2 heterocycles. The van der Waals surface area contributed by atoms with Gasteiger partial charge in [0.1, 0.15) is 11.3 Å². The summed E-state index contributed by atoms with van der Waals surface area (Å²) < 4.78 is 23.0. The summed E-state index contributed by atoms with van der Waals surface area (Å²) in [7, 11) is 0. The first kappa shape index (κ1) is 18.9. The zero-order valence-corrected chi connectivity index (χ0v) is 19.9. The molecule has 6 heteroatoms. The Morgan fingerprint density at radius 2 is 1.91 bits per heavy atom. The molecule has 1 aliphatic heterocycles. The molecule has 0 amide bonds. The predicted molar refractivity (Wildman–Crippen MR) is 124 cm³/mol. The Labute approximate surface area is 207 Å². The molecule has 3 aromatic carbocycles. The number of hydrogen-bond acceptors (Lipinski definition) is 5. The van der Waals surface area contributed by atoms with Crippen LogP contribution in [0.5, 0.6) is 17.4 Å². The van der Waals surface area contributed by atoms with Gasteiger partial charge in [-0.1, -0.05) is 42.5 Å². The number of phenols is 1. The number of aromatic nitrogens is 1. The summed E-state index contributed by atoms with van der Waals surface area (Å²) >= 11 is 1.61. The van der Waals surface area contributed by atoms with E-state index in [1.54, 1.807) is 36.0 Å². The van der Waals surface area contributed by atoms with Gasteiger partial charge in [-0.3, -0.25) is 0 Å². The standard InChI is InChI=1S/C26H19N2O2S.Pt/c29-21-10-4-6-17-12-14-23(27-24(17)21)30-19-8-3-7-18(15-19)26-28-25-20-9-2-1-5-16(20)11-13-22(25)31-26;/h1-10,12,14,22,25,29H,11,13H2;/q-1;/t22?,25-;/m0./s1/i11D2;. The molecule has 4 nitrogen and oxygen atoms in total. The number of para-hydroxylation sites is 1. The van der Waals surface area contributed by atoms with Gasteiger partial charge in [-0.05, 0) is 36.1 Å². The maximum atomic E-state index is 10.1. The third-order valence-electron chi connectivity index (χ3n) is 5.53. The molecule has 1 aliphatic carbocycles. The number of aromatic hydroxyl groups is 1. The van der Waals surface area contributed by atoms with Gasteiger partial charge in [-0.2, -0.15) is 11.8 Å². The van der Waals surface area contributed by atoms with Gasteiger partial charge in [0, 0.05) is 51.3 Å². The molecule has 162 valence electrons. The summed E-state index contributed by atoms with van der Waals surface area (Å²) in [5.74, 6) is 0.980. The number of nitrogens with zero attached hydrogens (tertiary/aromatic N) is 2. The minimum absolute atomic E-state index is 0. The number of thioether (sulfide) groups is 1. The van der Waals surface area contributed by atoms with Crippen molar-refractivity contribution < 1.29 is 33.7 Å². The van der Waals surface area contributed by atoms with E-state index in [1.807, 2.05) is 48.5 Å². The van der Waals surface area contributed by atoms with Gasteiger partial charge in [0.15, 0.2) is 0 Å². The third kappa shape index (κ3) is 3.85. The number of fused-ring (bicyclic) bond motifs is 4. The minimum Gasteiger partial charge on any atom is -0.506 e. The van der Waals surface area contributed by atoms with Crippen LogP contribution in [0.4, 0.5) is 0 Å². The van der Waals surface area contributed by atoms with Crippen molar-refractivity contribution in [2.24, 2.45) is 4.99 Å². The quantitative estimate of drug-likeness (QED) is 0.282. The third-order valence-corrected chi connectivity index (χ3v) is 6.81. The normalized spacial score (nSPS) is 21.4. The first-order valence-electron chi connectivity index (χ1n) is 11.1. The molecule has 2 atom stereocenters. The fraction of sp³-hybridized carbons (Fsp3) is 0.154. The molecule has 2 aliphatic rings. The number of hydrogen-bond donors (Lipinski definition) is 1. The number of phenolic OH excluding ortho intramolecular Hbond substituents is 1. The first-order chi connectivity index (χ1) is 16.0. The molecule has 6 rings (SSSR count). The average Bonchev–Trinajstić information content (AvgIpc) is 3.23. The number of pyridine rings is 1. The van der Waals surface area contributed by atoms with Gasteiger partial charge in [0.05, 0.1) is 6.04 Å². The Bertz CT molecular complexity index is 1430. The monoisotopic (exact) mass is 620 g/mol. The van der Waals surface area contributed by atoms with Crippen molar-refractivity contribution in [2.45, 2.75) is 24.1 Å². The van der Waals surface area contributed by atoms with Gasteiger partial charge in [0.25, 0.3) is 0 Å². The molecule has 32 heavy (non-hydrogen) atoms. The van der Waals surface area contributed by atoms with Crippen LogP contribution in [0.15, 0.2) is 77.8 Å². The summed E-state index contributed by atoms with van der Waals surface area (Å²) in [6, 6.07) is 25.4. The Balaban J connectivity index is 0.00000241. The molecule has 1 aromatic heterocycles. The van der Waals surface area contributed by atoms with Crippen LogP contribution in [-0.4, -0.2) is 20.4 Å². The van der Waals surface area contributed by atoms with Crippen molar-refractivity contribution in [2.75, 3.05) is 0 Å². The van der Waals surface area contributed by atoms with Crippen molar-refractivity contribution in [3.8, 4) is 17.4 Å². The fourth-order valence-electron chi connectivity index (χ4n) is 4.05. The minimum atomic E-state index is -1.36. The summed E-state index contributed by atoms with van der Waals surface area (Å²) in [6.45, 7) is 0. The number of benzene rings is 3. The van der Waals surface area contributed by atoms with E-state index >= 15 is 0 Å². The smallest absolute Gasteiger partial charge is 0.217 e. The van der Waals surface area contributed by atoms with Crippen molar-refractivity contribution in [3.05, 3.63) is 95.6 Å². The second kappa shape index (κ2) is 8.72. The zero-order chi connectivity index (χ0) is 22.6. The van der Waals surface area contributed by atoms with E-state index in [0.717, 1.165) is 27.1 Å². The Hall–Kier alpha value is -2.62. The molecular formula is C26H19N2O2PtS-. The molecule has 0 spiro atoms. The predicted octanol–water partition coefficient (Wildman–Crippen LogP) is 6.08. The second-order valence-electron chi connectivity index (χ2n) is 7.53. The van der Waals surface area contributed by atoms with Crippen molar-refractivity contribution >= 4 is 27.7 Å². The summed E-state index contributed by atoms with van der Waals surface area (Å²) in [5, 5.41) is 11.8. The second-order valence-corrected chi connectivity index (χ2v) is 8.76. The van der Waals surface area contributed by atoms with Gasteiger partial charge in [0.2, 0.25) is 5.88 Å². The van der Waals surface area contributed by atoms with Crippen LogP contribution in [0.3, 0.4) is 0 Å². The Morgan fingerprint density at radius 3 is 2.84 bits per heavy atom. The zero-order valence-electron chi connectivity index (χ0n) is 18.8. The number of aryl methyl sites for hydroxylation is 1. The van der Waals surface area contributed by atoms with Crippen LogP contribution in [0, 0.1) is 6.07 Å². The van der Waals surface area contributed by atoms with Crippen molar-refractivity contribution in [3.63, 3.8) is 0 Å². The van der Waals surface area contributed by atoms with E-state index in [2.05, 4.69) is 11.1 Å². The van der Waals surface area contributed by atoms with E-state index in [0.29, 0.717) is 23.6 Å². The number of rotatable bonds is 3. The number of aliphatic imine (C=N–C) groups is 1. The molecule has 0 radical (unpaired) electrons. The molecule has 0 bridgehead atoms. The summed E-state index contributed by atoms with van der Waals surface area (Å²) in [6.07, 6.45) is -0.940. The fourth-order valence-corrected chi connectivity index (χ4v) is 5.26. The van der Waals surface area contributed by atoms with Gasteiger partial charge in [-0.25, -0.2) is 4.98 Å². The summed E-state index contributed by atoms with van der Waals surface area (Å²) in [4.78, 5) is 9.39. The van der Waals surface area contributed by atoms with Gasteiger partial charge < -0.3 is 14.8 Å². The van der Waals surface area contributed by atoms with E-state index in [4.69, 9.17) is 12.5 Å². The molecule has 0 fully saturated rings. The SMILES string of the molecule is [2H]C1([2H])CC2SC(c3[c-]c(Oc4ccc5cccc(O)c5n4)ccc3)=N[C@H]2c2ccccc21.[Pt]. The molecule has 0 saturated heterocycles. The van der Waals surface area contributed by atoms with Gasteiger partial charge in [-0.15, -0.1) is 23.8 Å². The molecule has 4 aromatic rings. The maximum absolute atomic E-state index is 10.1. The Morgan fingerprint density at radius 1 is 1.03 bits per heavy atom. The van der Waals surface area contributed by atoms with Crippen LogP contribution in [0.25, 0.3) is 10.9 Å². The molecule has 1 unspecified atom stereocenters. The van der Waals surface area contributed by atoms with Crippen LogP contribution in [0.1, 0.15) is 31.9 Å². The summed E-state index contributed by atoms with van der Waals surface area (Å²) in [5.41, 5.74) is 3.00. The molecule has 0 saturated carbocycles. The van der Waals surface area contributed by atoms with E-state index < -0.39 is 6.37 Å². The Kier molecular flexibility index (Phi) is 5.15. The number of ether oxygens (including phenoxy) is 1. The van der Waals surface area contributed by atoms with Crippen molar-refractivity contribution in [1.82, 2.24) is 4.98 Å². The van der Waals surface area contributed by atoms with Crippen LogP contribution >= 0.6 is 11.8 Å². The van der Waals surface area contributed by atoms with E-state index in [9.17, 15) is 5.11 Å². The van der Waals surface area contributed by atoms with Crippen LogP contribution in [0.2, 0.25) is 0 Å². The van der Waals surface area contributed by atoms with Crippen molar-refractivity contribution in [1.29, 1.82) is 0 Å². The topological polar surface area (TPSA) is 54.7 Å². The van der Waals surface area contributed by atoms with Gasteiger partial charge >= 0.3 is 0 Å². The average molecular weight is 621 g/mol. The van der Waals surface area contributed by atoms with E-state index in [1.165, 1.54) is 0 Å². The first-order valence-corrected chi connectivity index (χ1v) is 11.0. The largest absolute Gasteiger partial charge is 0.506 e. The maximum Gasteiger partial charge on any atom is 0.217 e. The van der Waals surface area contributed by atoms with Crippen LogP contribution < -0.4 is 4.74 Å². The molecule has 1 N–H and O–H groups in total.